The first-order valence-electron chi connectivity index (χ1n) is 10.2. The quantitative estimate of drug-likeness (QED) is 0.621. The van der Waals surface area contributed by atoms with Crippen LogP contribution in [0.3, 0.4) is 0 Å². The monoisotopic (exact) mass is 416 g/mol. The van der Waals surface area contributed by atoms with Crippen molar-refractivity contribution in [2.24, 2.45) is 0 Å². The molecule has 1 fully saturated rings. The molecule has 2 N–H and O–H groups in total. The fraction of sp³-hybridized carbons (Fsp3) is 0.478. The van der Waals surface area contributed by atoms with Crippen LogP contribution in [0.1, 0.15) is 16.7 Å². The Kier molecular flexibility index (Phi) is 8.68. The van der Waals surface area contributed by atoms with Gasteiger partial charge in [-0.25, -0.2) is 0 Å². The minimum Gasteiger partial charge on any atom is -0.493 e. The fourth-order valence-corrected chi connectivity index (χ4v) is 4.39. The first kappa shape index (κ1) is 22.0. The summed E-state index contributed by atoms with van der Waals surface area (Å²) in [5.74, 6) is 3.65. The maximum atomic E-state index is 10.3. The summed E-state index contributed by atoms with van der Waals surface area (Å²) in [5.41, 5.74) is 3.73. The molecule has 0 radical (unpaired) electrons. The normalized spacial score (nSPS) is 15.8. The number of thioether (sulfide) groups is 1. The Labute approximate surface area is 178 Å². The lowest BCUT2D eigenvalue weighted by molar-refractivity contribution is 0.0705. The fourth-order valence-electron chi connectivity index (χ4n) is 3.41. The molecule has 0 aromatic heterocycles. The van der Waals surface area contributed by atoms with Gasteiger partial charge in [0.2, 0.25) is 0 Å². The van der Waals surface area contributed by atoms with Crippen LogP contribution in [0, 0.1) is 6.92 Å². The topological polar surface area (TPSA) is 54.0 Å². The number of methoxy groups -OCH3 is 1. The van der Waals surface area contributed by atoms with Gasteiger partial charge in [0.05, 0.1) is 7.11 Å². The van der Waals surface area contributed by atoms with Crippen LogP contribution in [-0.2, 0) is 13.1 Å². The molecule has 0 bridgehead atoms. The van der Waals surface area contributed by atoms with Crippen LogP contribution in [-0.4, -0.2) is 61.0 Å². The Morgan fingerprint density at radius 3 is 2.66 bits per heavy atom. The molecule has 0 saturated carbocycles. The summed E-state index contributed by atoms with van der Waals surface area (Å²) in [4.78, 5) is 2.30. The lowest BCUT2D eigenvalue weighted by Crippen LogP contribution is -2.40. The van der Waals surface area contributed by atoms with E-state index in [2.05, 4.69) is 41.4 Å². The van der Waals surface area contributed by atoms with Gasteiger partial charge in [0.1, 0.15) is 12.7 Å². The van der Waals surface area contributed by atoms with Crippen LogP contribution >= 0.6 is 11.8 Å². The number of nitrogens with one attached hydrogen (secondary N) is 1. The summed E-state index contributed by atoms with van der Waals surface area (Å²) < 4.78 is 11.4. The van der Waals surface area contributed by atoms with Crippen LogP contribution in [0.25, 0.3) is 0 Å². The summed E-state index contributed by atoms with van der Waals surface area (Å²) in [6, 6.07) is 14.4. The smallest absolute Gasteiger partial charge is 0.161 e. The second kappa shape index (κ2) is 11.5. The van der Waals surface area contributed by atoms with Crippen molar-refractivity contribution in [3.8, 4) is 11.5 Å². The van der Waals surface area contributed by atoms with Gasteiger partial charge >= 0.3 is 0 Å². The summed E-state index contributed by atoms with van der Waals surface area (Å²) in [6.07, 6.45) is -0.502. The summed E-state index contributed by atoms with van der Waals surface area (Å²) >= 11 is 1.97. The molecule has 158 valence electrons. The molecule has 2 aromatic carbocycles. The van der Waals surface area contributed by atoms with Crippen LogP contribution in [0.15, 0.2) is 42.5 Å². The maximum absolute atomic E-state index is 10.3. The van der Waals surface area contributed by atoms with Crippen molar-refractivity contribution in [2.75, 3.05) is 44.9 Å². The first-order valence-corrected chi connectivity index (χ1v) is 11.3. The van der Waals surface area contributed by atoms with Gasteiger partial charge in [0.25, 0.3) is 0 Å². The zero-order valence-corrected chi connectivity index (χ0v) is 18.2. The zero-order chi connectivity index (χ0) is 20.5. The SMILES string of the molecule is COc1cc(CNCc2ccccc2C)ccc1OCC(O)CN1CCSCC1. The Bertz CT molecular complexity index is 766. The average Bonchev–Trinajstić information content (AvgIpc) is 2.74. The predicted molar refractivity (Wildman–Crippen MR) is 120 cm³/mol. The minimum absolute atomic E-state index is 0.269. The highest BCUT2D eigenvalue weighted by molar-refractivity contribution is 7.99. The number of nitrogens with zero attached hydrogens (tertiary/aromatic N) is 1. The number of aliphatic hydroxyl groups is 1. The Morgan fingerprint density at radius 1 is 1.10 bits per heavy atom. The standard InChI is InChI=1S/C23H32N2O3S/c1-18-5-3-4-6-20(18)15-24-14-19-7-8-22(23(13-19)27-2)28-17-21(26)16-25-9-11-29-12-10-25/h3-8,13,21,24,26H,9-12,14-17H2,1-2H3. The highest BCUT2D eigenvalue weighted by Crippen LogP contribution is 2.28. The van der Waals surface area contributed by atoms with Gasteiger partial charge in [-0.3, -0.25) is 4.90 Å². The maximum Gasteiger partial charge on any atom is 0.161 e. The number of rotatable bonds is 10. The van der Waals surface area contributed by atoms with E-state index in [1.54, 1.807) is 7.11 Å². The Hall–Kier alpha value is -1.73. The molecule has 29 heavy (non-hydrogen) atoms. The first-order chi connectivity index (χ1) is 14.2. The molecule has 1 aliphatic rings. The third-order valence-electron chi connectivity index (χ3n) is 5.14. The molecule has 1 saturated heterocycles. The van der Waals surface area contributed by atoms with Gasteiger partial charge in [0.15, 0.2) is 11.5 Å². The molecule has 5 nitrogen and oxygen atoms in total. The lowest BCUT2D eigenvalue weighted by atomic mass is 10.1. The van der Waals surface area contributed by atoms with Crippen molar-refractivity contribution < 1.29 is 14.6 Å². The largest absolute Gasteiger partial charge is 0.493 e. The highest BCUT2D eigenvalue weighted by atomic mass is 32.2. The Morgan fingerprint density at radius 2 is 1.90 bits per heavy atom. The van der Waals surface area contributed by atoms with Crippen LogP contribution in [0.2, 0.25) is 0 Å². The molecule has 1 aliphatic heterocycles. The highest BCUT2D eigenvalue weighted by Gasteiger charge is 2.16. The van der Waals surface area contributed by atoms with Gasteiger partial charge in [0, 0.05) is 44.2 Å². The number of ether oxygens (including phenoxy) is 2. The van der Waals surface area contributed by atoms with E-state index in [1.165, 1.54) is 11.1 Å². The zero-order valence-electron chi connectivity index (χ0n) is 17.4. The molecular formula is C23H32N2O3S. The van der Waals surface area contributed by atoms with Crippen LogP contribution in [0.4, 0.5) is 0 Å². The van der Waals surface area contributed by atoms with E-state index in [0.717, 1.165) is 43.2 Å². The second-order valence-corrected chi connectivity index (χ2v) is 8.62. The van der Waals surface area contributed by atoms with Crippen molar-refractivity contribution in [2.45, 2.75) is 26.1 Å². The van der Waals surface area contributed by atoms with Gasteiger partial charge in [-0.15, -0.1) is 0 Å². The van der Waals surface area contributed by atoms with Crippen molar-refractivity contribution in [3.63, 3.8) is 0 Å². The molecule has 1 heterocycles. The lowest BCUT2D eigenvalue weighted by Gasteiger charge is -2.28. The molecule has 1 unspecified atom stereocenters. The van der Waals surface area contributed by atoms with Crippen LogP contribution < -0.4 is 14.8 Å². The van der Waals surface area contributed by atoms with Crippen molar-refractivity contribution in [1.82, 2.24) is 10.2 Å². The number of benzene rings is 2. The summed E-state index contributed by atoms with van der Waals surface area (Å²) in [5, 5.41) is 13.8. The molecule has 0 amide bonds. The van der Waals surface area contributed by atoms with Crippen LogP contribution in [0.5, 0.6) is 11.5 Å². The third kappa shape index (κ3) is 6.93. The second-order valence-electron chi connectivity index (χ2n) is 7.39. The molecular weight excluding hydrogens is 384 g/mol. The van der Waals surface area contributed by atoms with E-state index in [-0.39, 0.29) is 6.61 Å². The van der Waals surface area contributed by atoms with Crippen molar-refractivity contribution in [3.05, 3.63) is 59.2 Å². The van der Waals surface area contributed by atoms with E-state index >= 15 is 0 Å². The molecule has 1 atom stereocenters. The average molecular weight is 417 g/mol. The minimum atomic E-state index is -0.502. The van der Waals surface area contributed by atoms with E-state index < -0.39 is 6.10 Å². The predicted octanol–water partition coefficient (Wildman–Crippen LogP) is 3.08. The van der Waals surface area contributed by atoms with Gasteiger partial charge < -0.3 is 19.9 Å². The van der Waals surface area contributed by atoms with E-state index in [0.29, 0.717) is 18.0 Å². The summed E-state index contributed by atoms with van der Waals surface area (Å²) in [7, 11) is 1.65. The number of hydrogen-bond donors (Lipinski definition) is 2. The number of hydrogen-bond acceptors (Lipinski definition) is 6. The van der Waals surface area contributed by atoms with E-state index in [9.17, 15) is 5.11 Å². The molecule has 0 aliphatic carbocycles. The van der Waals surface area contributed by atoms with Crippen molar-refractivity contribution >= 4 is 11.8 Å². The van der Waals surface area contributed by atoms with Gasteiger partial charge in [-0.1, -0.05) is 30.3 Å². The van der Waals surface area contributed by atoms with E-state index in [1.807, 2.05) is 30.0 Å². The molecule has 0 spiro atoms. The van der Waals surface area contributed by atoms with Crippen molar-refractivity contribution in [1.29, 1.82) is 0 Å². The number of aryl methyl sites for hydroxylation is 1. The number of β-amino-alcohol motifs (C(OH)–C–C–N with tert-alkyl or cyclic N) is 1. The van der Waals surface area contributed by atoms with Gasteiger partial charge in [-0.05, 0) is 35.7 Å². The van der Waals surface area contributed by atoms with E-state index in [4.69, 9.17) is 9.47 Å². The number of aliphatic hydroxyl groups excluding tert-OH is 1. The third-order valence-corrected chi connectivity index (χ3v) is 6.08. The Balaban J connectivity index is 1.48. The molecule has 6 heteroatoms. The van der Waals surface area contributed by atoms with Gasteiger partial charge in [-0.2, -0.15) is 11.8 Å². The molecule has 3 rings (SSSR count). The molecule has 2 aromatic rings. The summed E-state index contributed by atoms with van der Waals surface area (Å²) in [6.45, 7) is 6.71.